The van der Waals surface area contributed by atoms with E-state index in [0.29, 0.717) is 12.2 Å². The quantitative estimate of drug-likeness (QED) is 0.487. The Morgan fingerprint density at radius 1 is 1.06 bits per heavy atom. The third-order valence-corrected chi connectivity index (χ3v) is 5.86. The molecule has 3 aromatic carbocycles. The minimum atomic E-state index is -1.32. The van der Waals surface area contributed by atoms with Gasteiger partial charge in [0, 0.05) is 18.1 Å². The van der Waals surface area contributed by atoms with E-state index in [2.05, 4.69) is 5.32 Å². The number of hydrogen-bond donors (Lipinski definition) is 2. The van der Waals surface area contributed by atoms with Crippen LogP contribution in [0.4, 0.5) is 18.9 Å². The first-order valence-electron chi connectivity index (χ1n) is 10.8. The molecule has 0 saturated heterocycles. The Labute approximate surface area is 199 Å². The van der Waals surface area contributed by atoms with Gasteiger partial charge in [-0.1, -0.05) is 6.07 Å². The number of rotatable bonds is 7. The number of carboxylic acids is 1. The van der Waals surface area contributed by atoms with Gasteiger partial charge >= 0.3 is 5.97 Å². The number of aliphatic carboxylic acids is 1. The van der Waals surface area contributed by atoms with Crippen LogP contribution in [0.3, 0.4) is 0 Å². The van der Waals surface area contributed by atoms with Gasteiger partial charge in [0.25, 0.3) is 5.91 Å². The van der Waals surface area contributed by atoms with Crippen LogP contribution >= 0.6 is 0 Å². The van der Waals surface area contributed by atoms with Crippen molar-refractivity contribution in [1.29, 1.82) is 0 Å². The Balaban J connectivity index is 1.42. The first-order chi connectivity index (χ1) is 16.5. The number of benzene rings is 3. The van der Waals surface area contributed by atoms with Gasteiger partial charge in [0.2, 0.25) is 0 Å². The van der Waals surface area contributed by atoms with E-state index in [0.717, 1.165) is 17.7 Å². The fraction of sp³-hybridized carbons (Fsp3) is 0.231. The van der Waals surface area contributed by atoms with E-state index >= 15 is 0 Å². The van der Waals surface area contributed by atoms with Crippen molar-refractivity contribution in [2.45, 2.75) is 31.8 Å². The Kier molecular flexibility index (Phi) is 6.43. The fourth-order valence-electron chi connectivity index (χ4n) is 3.66. The second kappa shape index (κ2) is 9.32. The number of carbonyl (C=O) groups is 2. The Bertz CT molecular complexity index is 1310. The summed E-state index contributed by atoms with van der Waals surface area (Å²) in [5, 5.41) is 11.7. The van der Waals surface area contributed by atoms with Crippen LogP contribution in [0.2, 0.25) is 0 Å². The highest BCUT2D eigenvalue weighted by Crippen LogP contribution is 2.30. The molecule has 0 fully saturated rings. The maximum Gasteiger partial charge on any atom is 0.313 e. The van der Waals surface area contributed by atoms with Crippen molar-refractivity contribution in [3.05, 3.63) is 88.7 Å². The molecule has 35 heavy (non-hydrogen) atoms. The molecular weight excluding hydrogens is 463 g/mol. The summed E-state index contributed by atoms with van der Waals surface area (Å²) in [5.41, 5.74) is -0.948. The first-order valence-corrected chi connectivity index (χ1v) is 10.8. The number of nitrogens with one attached hydrogen (secondary N) is 1. The Morgan fingerprint density at radius 3 is 2.54 bits per heavy atom. The van der Waals surface area contributed by atoms with Crippen LogP contribution in [-0.2, 0) is 16.6 Å². The molecule has 1 aliphatic rings. The van der Waals surface area contributed by atoms with Gasteiger partial charge in [-0.05, 0) is 61.9 Å². The maximum absolute atomic E-state index is 14.7. The Morgan fingerprint density at radius 2 is 1.83 bits per heavy atom. The average Bonchev–Trinajstić information content (AvgIpc) is 3.20. The smallest absolute Gasteiger partial charge is 0.313 e. The zero-order valence-corrected chi connectivity index (χ0v) is 18.9. The molecule has 0 aromatic heterocycles. The minimum absolute atomic E-state index is 0.0820. The molecule has 1 amide bonds. The number of amides is 1. The largest absolute Gasteiger partial charge is 0.490 e. The highest BCUT2D eigenvalue weighted by Gasteiger charge is 2.30. The van der Waals surface area contributed by atoms with E-state index < -0.39 is 28.9 Å². The second-order valence-corrected chi connectivity index (χ2v) is 8.73. The summed E-state index contributed by atoms with van der Waals surface area (Å²) >= 11 is 0. The summed E-state index contributed by atoms with van der Waals surface area (Å²) in [7, 11) is 0. The molecule has 0 spiro atoms. The normalized spacial score (nSPS) is 14.7. The average molecular weight is 485 g/mol. The number of halogens is 3. The van der Waals surface area contributed by atoms with Gasteiger partial charge in [-0.3, -0.25) is 9.59 Å². The van der Waals surface area contributed by atoms with E-state index in [1.54, 1.807) is 6.07 Å². The fourth-order valence-corrected chi connectivity index (χ4v) is 3.66. The maximum atomic E-state index is 14.7. The van der Waals surface area contributed by atoms with E-state index in [1.165, 1.54) is 50.2 Å². The van der Waals surface area contributed by atoms with Gasteiger partial charge in [-0.2, -0.15) is 0 Å². The number of hydrogen-bond acceptors (Lipinski definition) is 4. The molecule has 0 unspecified atom stereocenters. The van der Waals surface area contributed by atoms with Gasteiger partial charge in [-0.15, -0.1) is 0 Å². The molecule has 2 N–H and O–H groups in total. The number of carboxylic acid groups (broad SMARTS) is 1. The molecule has 9 heteroatoms. The number of ether oxygens (including phenoxy) is 2. The lowest BCUT2D eigenvalue weighted by Gasteiger charge is -2.20. The zero-order valence-electron chi connectivity index (χ0n) is 18.9. The third-order valence-electron chi connectivity index (χ3n) is 5.86. The van der Waals surface area contributed by atoms with Crippen molar-refractivity contribution >= 4 is 17.6 Å². The van der Waals surface area contributed by atoms with E-state index in [9.17, 15) is 27.9 Å². The van der Waals surface area contributed by atoms with Crippen molar-refractivity contribution in [2.75, 3.05) is 11.9 Å². The summed E-state index contributed by atoms with van der Waals surface area (Å²) in [6.45, 7) is 2.97. The van der Waals surface area contributed by atoms with Crippen LogP contribution in [-0.4, -0.2) is 29.7 Å². The number of carbonyl (C=O) groups excluding carboxylic acids is 1. The summed E-state index contributed by atoms with van der Waals surface area (Å²) in [6, 6.07) is 11.4. The van der Waals surface area contributed by atoms with Crippen LogP contribution in [0.5, 0.6) is 11.5 Å². The molecule has 0 aliphatic carbocycles. The van der Waals surface area contributed by atoms with E-state index in [-0.39, 0.29) is 41.1 Å². The third kappa shape index (κ3) is 5.08. The SMILES string of the molecule is CC(C)(C(=O)O)c1ccc(F)c(NC(=O)c2ccc(OC[C@@H]3Cc4cc(F)ccc4O3)cc2F)c1. The number of fused-ring (bicyclic) bond motifs is 1. The summed E-state index contributed by atoms with van der Waals surface area (Å²) in [5.74, 6) is -3.34. The minimum Gasteiger partial charge on any atom is -0.490 e. The van der Waals surface area contributed by atoms with Crippen LogP contribution in [0.15, 0.2) is 54.6 Å². The van der Waals surface area contributed by atoms with E-state index in [4.69, 9.17) is 9.47 Å². The van der Waals surface area contributed by atoms with Crippen LogP contribution in [0.25, 0.3) is 0 Å². The van der Waals surface area contributed by atoms with Crippen molar-refractivity contribution in [1.82, 2.24) is 0 Å². The van der Waals surface area contributed by atoms with Crippen molar-refractivity contribution in [2.24, 2.45) is 0 Å². The lowest BCUT2D eigenvalue weighted by Crippen LogP contribution is -2.28. The lowest BCUT2D eigenvalue weighted by atomic mass is 9.84. The summed E-state index contributed by atoms with van der Waals surface area (Å²) in [6.07, 6.45) is 0.0717. The first kappa shape index (κ1) is 24.1. The summed E-state index contributed by atoms with van der Waals surface area (Å²) < 4.78 is 53.5. The molecule has 3 aromatic rings. The van der Waals surface area contributed by atoms with Gasteiger partial charge < -0.3 is 19.9 Å². The zero-order chi connectivity index (χ0) is 25.3. The molecule has 1 heterocycles. The van der Waals surface area contributed by atoms with Crippen molar-refractivity contribution in [3.8, 4) is 11.5 Å². The van der Waals surface area contributed by atoms with Crippen LogP contribution in [0.1, 0.15) is 35.3 Å². The van der Waals surface area contributed by atoms with Gasteiger partial charge in [0.05, 0.1) is 16.7 Å². The highest BCUT2D eigenvalue weighted by atomic mass is 19.1. The topological polar surface area (TPSA) is 84.9 Å². The monoisotopic (exact) mass is 485 g/mol. The molecular formula is C26H22F3NO5. The molecule has 1 atom stereocenters. The molecule has 6 nitrogen and oxygen atoms in total. The van der Waals surface area contributed by atoms with E-state index in [1.807, 2.05) is 0 Å². The van der Waals surface area contributed by atoms with Crippen LogP contribution in [0, 0.1) is 17.5 Å². The highest BCUT2D eigenvalue weighted by molar-refractivity contribution is 6.04. The predicted molar refractivity (Wildman–Crippen MR) is 121 cm³/mol. The van der Waals surface area contributed by atoms with Gasteiger partial charge in [-0.25, -0.2) is 13.2 Å². The molecule has 182 valence electrons. The standard InChI is InChI=1S/C26H22F3NO5/c1-26(2,25(32)33)15-3-7-20(28)22(11-15)30-24(31)19-6-5-17(12-21(19)29)34-13-18-10-14-9-16(27)4-8-23(14)35-18/h3-9,11-12,18H,10,13H2,1-2H3,(H,30,31)(H,32,33)/t18-/m0/s1. The molecule has 4 rings (SSSR count). The second-order valence-electron chi connectivity index (χ2n) is 8.73. The van der Waals surface area contributed by atoms with Crippen molar-refractivity contribution in [3.63, 3.8) is 0 Å². The van der Waals surface area contributed by atoms with Crippen LogP contribution < -0.4 is 14.8 Å². The molecule has 0 bridgehead atoms. The predicted octanol–water partition coefficient (Wildman–Crippen LogP) is 5.10. The van der Waals surface area contributed by atoms with Gasteiger partial charge in [0.15, 0.2) is 0 Å². The number of anilines is 1. The Hall–Kier alpha value is -4.01. The molecule has 1 aliphatic heterocycles. The molecule has 0 radical (unpaired) electrons. The summed E-state index contributed by atoms with van der Waals surface area (Å²) in [4.78, 5) is 24.1. The van der Waals surface area contributed by atoms with Crippen molar-refractivity contribution < 1.29 is 37.3 Å². The molecule has 0 saturated carbocycles. The van der Waals surface area contributed by atoms with Gasteiger partial charge in [0.1, 0.15) is 41.7 Å². The lowest BCUT2D eigenvalue weighted by molar-refractivity contribution is -0.142.